The van der Waals surface area contributed by atoms with E-state index in [4.69, 9.17) is 5.73 Å². The SMILES string of the molecule is CCSc1ccc(CCN(C)CCN)cc1. The molecule has 0 bridgehead atoms. The Labute approximate surface area is 103 Å². The van der Waals surface area contributed by atoms with Crippen molar-refractivity contribution in [1.29, 1.82) is 0 Å². The first-order chi connectivity index (χ1) is 7.76. The number of nitrogens with two attached hydrogens (primary N) is 1. The number of hydrogen-bond acceptors (Lipinski definition) is 3. The second kappa shape index (κ2) is 7.71. The molecule has 90 valence electrons. The molecule has 0 amide bonds. The average molecular weight is 238 g/mol. The number of hydrogen-bond donors (Lipinski definition) is 1. The summed E-state index contributed by atoms with van der Waals surface area (Å²) in [6, 6.07) is 8.89. The van der Waals surface area contributed by atoms with Gasteiger partial charge in [-0.1, -0.05) is 19.1 Å². The van der Waals surface area contributed by atoms with Crippen molar-refractivity contribution in [2.75, 3.05) is 32.4 Å². The minimum atomic E-state index is 0.739. The van der Waals surface area contributed by atoms with E-state index in [-0.39, 0.29) is 0 Å². The molecule has 16 heavy (non-hydrogen) atoms. The van der Waals surface area contributed by atoms with Crippen LogP contribution in [-0.2, 0) is 6.42 Å². The van der Waals surface area contributed by atoms with Crippen LogP contribution in [-0.4, -0.2) is 37.3 Å². The van der Waals surface area contributed by atoms with Crippen molar-refractivity contribution in [3.8, 4) is 0 Å². The standard InChI is InChI=1S/C13H22N2S/c1-3-16-13-6-4-12(5-7-13)8-10-15(2)11-9-14/h4-7H,3,8-11,14H2,1-2H3. The van der Waals surface area contributed by atoms with Gasteiger partial charge in [0.05, 0.1) is 0 Å². The van der Waals surface area contributed by atoms with Crippen LogP contribution in [0.4, 0.5) is 0 Å². The van der Waals surface area contributed by atoms with Crippen LogP contribution < -0.4 is 5.73 Å². The van der Waals surface area contributed by atoms with E-state index in [1.807, 2.05) is 11.8 Å². The van der Waals surface area contributed by atoms with Crippen LogP contribution in [0.2, 0.25) is 0 Å². The summed E-state index contributed by atoms with van der Waals surface area (Å²) in [4.78, 5) is 3.64. The van der Waals surface area contributed by atoms with Gasteiger partial charge in [-0.05, 0) is 36.9 Å². The van der Waals surface area contributed by atoms with Gasteiger partial charge in [0.25, 0.3) is 0 Å². The van der Waals surface area contributed by atoms with Crippen molar-refractivity contribution in [2.45, 2.75) is 18.2 Å². The summed E-state index contributed by atoms with van der Waals surface area (Å²) >= 11 is 1.89. The maximum atomic E-state index is 5.51. The predicted molar refractivity (Wildman–Crippen MR) is 73.1 cm³/mol. The number of nitrogens with zero attached hydrogens (tertiary/aromatic N) is 1. The fourth-order valence-corrected chi connectivity index (χ4v) is 2.23. The van der Waals surface area contributed by atoms with Gasteiger partial charge in [0.2, 0.25) is 0 Å². The van der Waals surface area contributed by atoms with Crippen LogP contribution in [0.25, 0.3) is 0 Å². The van der Waals surface area contributed by atoms with E-state index in [0.717, 1.165) is 31.8 Å². The zero-order valence-corrected chi connectivity index (χ0v) is 11.1. The van der Waals surface area contributed by atoms with Gasteiger partial charge in [-0.3, -0.25) is 0 Å². The van der Waals surface area contributed by atoms with Gasteiger partial charge in [0.15, 0.2) is 0 Å². The molecule has 0 aliphatic rings. The van der Waals surface area contributed by atoms with E-state index in [9.17, 15) is 0 Å². The van der Waals surface area contributed by atoms with Gasteiger partial charge in [-0.25, -0.2) is 0 Å². The zero-order valence-electron chi connectivity index (χ0n) is 10.3. The summed E-state index contributed by atoms with van der Waals surface area (Å²) in [6.45, 7) is 4.98. The third kappa shape index (κ3) is 5.01. The highest BCUT2D eigenvalue weighted by molar-refractivity contribution is 7.99. The molecule has 0 atom stereocenters. The van der Waals surface area contributed by atoms with Crippen LogP contribution in [0.15, 0.2) is 29.2 Å². The van der Waals surface area contributed by atoms with E-state index in [1.54, 1.807) is 0 Å². The molecule has 0 aliphatic heterocycles. The summed E-state index contributed by atoms with van der Waals surface area (Å²) in [7, 11) is 2.12. The molecule has 0 unspecified atom stereocenters. The molecule has 0 spiro atoms. The first kappa shape index (κ1) is 13.6. The molecule has 0 radical (unpaired) electrons. The molecule has 0 saturated carbocycles. The van der Waals surface area contributed by atoms with Crippen molar-refractivity contribution < 1.29 is 0 Å². The van der Waals surface area contributed by atoms with Crippen LogP contribution in [0, 0.1) is 0 Å². The lowest BCUT2D eigenvalue weighted by molar-refractivity contribution is 0.348. The maximum absolute atomic E-state index is 5.51. The van der Waals surface area contributed by atoms with E-state index in [2.05, 4.69) is 43.1 Å². The Morgan fingerprint density at radius 1 is 1.19 bits per heavy atom. The first-order valence-electron chi connectivity index (χ1n) is 5.86. The molecule has 2 N–H and O–H groups in total. The largest absolute Gasteiger partial charge is 0.329 e. The molecular formula is C13H22N2S. The van der Waals surface area contributed by atoms with Crippen LogP contribution in [0.3, 0.4) is 0 Å². The van der Waals surface area contributed by atoms with Gasteiger partial charge in [0, 0.05) is 24.5 Å². The fraction of sp³-hybridized carbons (Fsp3) is 0.538. The second-order valence-electron chi connectivity index (χ2n) is 3.92. The Hall–Kier alpha value is -0.510. The molecule has 3 heteroatoms. The normalized spacial score (nSPS) is 11.0. The first-order valence-corrected chi connectivity index (χ1v) is 6.85. The number of thioether (sulfide) groups is 1. The Balaban J connectivity index is 2.37. The molecule has 1 aromatic rings. The summed E-state index contributed by atoms with van der Waals surface area (Å²) in [6.07, 6.45) is 1.10. The Morgan fingerprint density at radius 3 is 2.44 bits per heavy atom. The van der Waals surface area contributed by atoms with Crippen molar-refractivity contribution in [3.05, 3.63) is 29.8 Å². The number of benzene rings is 1. The zero-order chi connectivity index (χ0) is 11.8. The molecule has 1 rings (SSSR count). The molecule has 2 nitrogen and oxygen atoms in total. The van der Waals surface area contributed by atoms with E-state index in [0.29, 0.717) is 0 Å². The molecule has 0 heterocycles. The molecule has 0 saturated heterocycles. The molecule has 0 aromatic heterocycles. The molecule has 0 fully saturated rings. The molecule has 1 aromatic carbocycles. The van der Waals surface area contributed by atoms with E-state index < -0.39 is 0 Å². The third-order valence-corrected chi connectivity index (χ3v) is 3.42. The Kier molecular flexibility index (Phi) is 6.53. The molecule has 0 aliphatic carbocycles. The summed E-state index contributed by atoms with van der Waals surface area (Å²) in [5.74, 6) is 1.14. The van der Waals surface area contributed by atoms with Crippen molar-refractivity contribution in [3.63, 3.8) is 0 Å². The smallest absolute Gasteiger partial charge is 0.0102 e. The van der Waals surface area contributed by atoms with Gasteiger partial charge in [-0.15, -0.1) is 11.8 Å². The minimum absolute atomic E-state index is 0.739. The summed E-state index contributed by atoms with van der Waals surface area (Å²) in [5.41, 5.74) is 6.91. The highest BCUT2D eigenvalue weighted by atomic mass is 32.2. The maximum Gasteiger partial charge on any atom is 0.0102 e. The lowest BCUT2D eigenvalue weighted by atomic mass is 10.1. The van der Waals surface area contributed by atoms with E-state index >= 15 is 0 Å². The molecular weight excluding hydrogens is 216 g/mol. The topological polar surface area (TPSA) is 29.3 Å². The monoisotopic (exact) mass is 238 g/mol. The Morgan fingerprint density at radius 2 is 1.88 bits per heavy atom. The van der Waals surface area contributed by atoms with Crippen molar-refractivity contribution in [2.24, 2.45) is 5.73 Å². The van der Waals surface area contributed by atoms with Crippen LogP contribution in [0.1, 0.15) is 12.5 Å². The lowest BCUT2D eigenvalue weighted by Crippen LogP contribution is -2.27. The van der Waals surface area contributed by atoms with Crippen molar-refractivity contribution >= 4 is 11.8 Å². The quantitative estimate of drug-likeness (QED) is 0.739. The van der Waals surface area contributed by atoms with Gasteiger partial charge < -0.3 is 10.6 Å². The lowest BCUT2D eigenvalue weighted by Gasteiger charge is -2.15. The summed E-state index contributed by atoms with van der Waals surface area (Å²) < 4.78 is 0. The Bertz CT molecular complexity index is 284. The average Bonchev–Trinajstić information content (AvgIpc) is 2.29. The number of likely N-dealkylation sites (N-methyl/N-ethyl adjacent to an activating group) is 1. The van der Waals surface area contributed by atoms with Crippen LogP contribution >= 0.6 is 11.8 Å². The highest BCUT2D eigenvalue weighted by Crippen LogP contribution is 2.17. The number of rotatable bonds is 7. The van der Waals surface area contributed by atoms with Crippen LogP contribution in [0.5, 0.6) is 0 Å². The van der Waals surface area contributed by atoms with E-state index in [1.165, 1.54) is 10.5 Å². The van der Waals surface area contributed by atoms with Gasteiger partial charge in [-0.2, -0.15) is 0 Å². The van der Waals surface area contributed by atoms with Gasteiger partial charge in [0.1, 0.15) is 0 Å². The second-order valence-corrected chi connectivity index (χ2v) is 5.26. The van der Waals surface area contributed by atoms with Gasteiger partial charge >= 0.3 is 0 Å². The fourth-order valence-electron chi connectivity index (χ4n) is 1.57. The highest BCUT2D eigenvalue weighted by Gasteiger charge is 1.98. The predicted octanol–water partition coefficient (Wildman–Crippen LogP) is 2.23. The third-order valence-electron chi connectivity index (χ3n) is 2.53. The van der Waals surface area contributed by atoms with Crippen molar-refractivity contribution in [1.82, 2.24) is 4.90 Å². The summed E-state index contributed by atoms with van der Waals surface area (Å²) in [5, 5.41) is 0. The minimum Gasteiger partial charge on any atom is -0.329 e.